The van der Waals surface area contributed by atoms with Crippen LogP contribution >= 0.6 is 11.6 Å². The summed E-state index contributed by atoms with van der Waals surface area (Å²) >= 11 is 6.23. The van der Waals surface area contributed by atoms with Gasteiger partial charge in [0.05, 0.1) is 16.8 Å². The van der Waals surface area contributed by atoms with E-state index in [0.29, 0.717) is 5.69 Å². The number of benzene rings is 4. The minimum atomic E-state index is -4.66. The first kappa shape index (κ1) is 28.6. The molecule has 4 aromatic carbocycles. The molecule has 4 aromatic rings. The van der Waals surface area contributed by atoms with Gasteiger partial charge in [-0.1, -0.05) is 23.7 Å². The van der Waals surface area contributed by atoms with Crippen LogP contribution in [0.2, 0.25) is 5.02 Å². The maximum atomic E-state index is 13.9. The van der Waals surface area contributed by atoms with Crippen LogP contribution in [-0.4, -0.2) is 27.8 Å². The molecule has 3 N–H and O–H groups in total. The molecule has 1 aliphatic rings. The number of carbonyl (C=O) groups is 2. The fourth-order valence-electron chi connectivity index (χ4n) is 4.75. The molecule has 42 heavy (non-hydrogen) atoms. The van der Waals surface area contributed by atoms with Crippen molar-refractivity contribution < 1.29 is 37.4 Å². The molecule has 1 heterocycles. The number of nitrogens with one attached hydrogen (secondary N) is 1. The van der Waals surface area contributed by atoms with E-state index >= 15 is 0 Å². The van der Waals surface area contributed by atoms with E-state index in [4.69, 9.17) is 11.6 Å². The van der Waals surface area contributed by atoms with Crippen molar-refractivity contribution in [3.05, 3.63) is 105 Å². The van der Waals surface area contributed by atoms with Gasteiger partial charge < -0.3 is 10.2 Å². The lowest BCUT2D eigenvalue weighted by atomic mass is 10.0. The number of carboxylic acids is 1. The first-order valence-electron chi connectivity index (χ1n) is 12.3. The van der Waals surface area contributed by atoms with E-state index in [0.717, 1.165) is 46.4 Å². The maximum Gasteiger partial charge on any atom is 0.416 e. The minimum Gasteiger partial charge on any atom is -0.505 e. The van der Waals surface area contributed by atoms with Crippen LogP contribution < -0.4 is 10.3 Å². The van der Waals surface area contributed by atoms with Gasteiger partial charge in [-0.25, -0.2) is 9.18 Å². The second kappa shape index (κ2) is 10.5. The predicted octanol–water partition coefficient (Wildman–Crippen LogP) is 7.68. The van der Waals surface area contributed by atoms with Crippen molar-refractivity contribution in [2.24, 2.45) is 5.10 Å². The summed E-state index contributed by atoms with van der Waals surface area (Å²) in [7, 11) is 0. The Hall–Kier alpha value is -4.90. The molecule has 7 nitrogen and oxygen atoms in total. The number of aryl methyl sites for hydroxylation is 2. The van der Waals surface area contributed by atoms with E-state index in [9.17, 15) is 37.4 Å². The third-order valence-electron chi connectivity index (χ3n) is 6.56. The maximum absolute atomic E-state index is 13.9. The SMILES string of the molecule is Cc1cc(C)cc(N2C(=O)/C(=N\Nc3cc(Cl)cc(-c4ccc(F)c(C(=O)O)c4)c3O)c3ccc(C(F)(F)F)cc32)c1. The number of nitrogens with zero attached hydrogens (tertiary/aromatic N) is 2. The molecule has 0 saturated heterocycles. The lowest BCUT2D eigenvalue weighted by Gasteiger charge is -2.19. The number of phenolic OH excluding ortho intramolecular Hbond substituents is 1. The smallest absolute Gasteiger partial charge is 0.416 e. The summed E-state index contributed by atoms with van der Waals surface area (Å²) in [6, 6.07) is 13.8. The van der Waals surface area contributed by atoms with Gasteiger partial charge in [0, 0.05) is 21.8 Å². The molecule has 0 atom stereocenters. The number of halogens is 5. The van der Waals surface area contributed by atoms with Gasteiger partial charge in [-0.05, 0) is 85.1 Å². The molecule has 0 saturated carbocycles. The topological polar surface area (TPSA) is 102 Å². The number of hydrazone groups is 1. The molecule has 0 aliphatic carbocycles. The first-order chi connectivity index (χ1) is 19.7. The van der Waals surface area contributed by atoms with Crippen LogP contribution in [0.25, 0.3) is 11.1 Å². The summed E-state index contributed by atoms with van der Waals surface area (Å²) in [5, 5.41) is 24.5. The number of carbonyl (C=O) groups excluding carboxylic acids is 1. The first-order valence-corrected chi connectivity index (χ1v) is 12.7. The monoisotopic (exact) mass is 597 g/mol. The number of rotatable bonds is 5. The second-order valence-electron chi connectivity index (χ2n) is 9.64. The molecule has 0 fully saturated rings. The molecular weight excluding hydrogens is 578 g/mol. The van der Waals surface area contributed by atoms with Crippen molar-refractivity contribution in [2.75, 3.05) is 10.3 Å². The lowest BCUT2D eigenvalue weighted by molar-refractivity contribution is -0.137. The number of aromatic carboxylic acids is 1. The number of fused-ring (bicyclic) bond motifs is 1. The van der Waals surface area contributed by atoms with E-state index in [2.05, 4.69) is 10.5 Å². The molecule has 5 rings (SSSR count). The zero-order valence-electron chi connectivity index (χ0n) is 21.8. The highest BCUT2D eigenvalue weighted by atomic mass is 35.5. The Balaban J connectivity index is 1.60. The fraction of sp³-hybridized carbons (Fsp3) is 0.100. The molecular formula is C30H20ClF4N3O4. The molecule has 12 heteroatoms. The van der Waals surface area contributed by atoms with Crippen LogP contribution in [0.5, 0.6) is 5.75 Å². The van der Waals surface area contributed by atoms with Crippen molar-refractivity contribution in [3.63, 3.8) is 0 Å². The van der Waals surface area contributed by atoms with E-state index in [1.807, 2.05) is 6.07 Å². The van der Waals surface area contributed by atoms with Crippen LogP contribution in [0.15, 0.2) is 71.8 Å². The number of hydrogen-bond donors (Lipinski definition) is 3. The summed E-state index contributed by atoms with van der Waals surface area (Å²) in [6.45, 7) is 3.58. The van der Waals surface area contributed by atoms with E-state index in [1.165, 1.54) is 18.2 Å². The van der Waals surface area contributed by atoms with Crippen molar-refractivity contribution in [2.45, 2.75) is 20.0 Å². The quantitative estimate of drug-likeness (QED) is 0.124. The Labute approximate surface area is 241 Å². The zero-order valence-corrected chi connectivity index (χ0v) is 22.6. The van der Waals surface area contributed by atoms with Crippen LogP contribution in [-0.2, 0) is 11.0 Å². The summed E-state index contributed by atoms with van der Waals surface area (Å²) in [4.78, 5) is 26.2. The standard InChI is InChI=1S/C30H20ClF4N3O4/c1-14-7-15(2)9-19(8-14)38-25-11-17(30(33,34)35)4-5-20(25)26(28(38)40)37-36-24-13-18(31)12-21(27(24)39)16-3-6-23(32)22(10-16)29(41)42/h3-13,36,39H,1-2H3,(H,41,42)/b37-26-. The minimum absolute atomic E-state index is 0.0242. The van der Waals surface area contributed by atoms with E-state index < -0.39 is 40.7 Å². The van der Waals surface area contributed by atoms with Crippen molar-refractivity contribution in [1.82, 2.24) is 0 Å². The zero-order chi connectivity index (χ0) is 30.5. The highest BCUT2D eigenvalue weighted by molar-refractivity contribution is 6.55. The highest BCUT2D eigenvalue weighted by Crippen LogP contribution is 2.42. The molecule has 0 bridgehead atoms. The van der Waals surface area contributed by atoms with Gasteiger partial charge in [0.25, 0.3) is 5.91 Å². The number of anilines is 3. The Morgan fingerprint density at radius 3 is 2.29 bits per heavy atom. The Morgan fingerprint density at radius 1 is 0.952 bits per heavy atom. The summed E-state index contributed by atoms with van der Waals surface area (Å²) in [5.74, 6) is -3.65. The molecule has 0 spiro atoms. The number of amides is 1. The van der Waals surface area contributed by atoms with Gasteiger partial charge in [0.2, 0.25) is 0 Å². The van der Waals surface area contributed by atoms with E-state index in [1.54, 1.807) is 26.0 Å². The van der Waals surface area contributed by atoms with E-state index in [-0.39, 0.29) is 38.8 Å². The van der Waals surface area contributed by atoms with Gasteiger partial charge in [-0.2, -0.15) is 18.3 Å². The number of phenols is 1. The average Bonchev–Trinajstić information content (AvgIpc) is 3.18. The third-order valence-corrected chi connectivity index (χ3v) is 6.78. The highest BCUT2D eigenvalue weighted by Gasteiger charge is 2.39. The third kappa shape index (κ3) is 5.26. The Morgan fingerprint density at radius 2 is 1.64 bits per heavy atom. The largest absolute Gasteiger partial charge is 0.505 e. The summed E-state index contributed by atoms with van der Waals surface area (Å²) in [6.07, 6.45) is -4.66. The number of aromatic hydroxyl groups is 1. The lowest BCUT2D eigenvalue weighted by Crippen LogP contribution is -2.26. The van der Waals surface area contributed by atoms with Crippen LogP contribution in [0.3, 0.4) is 0 Å². The van der Waals surface area contributed by atoms with Gasteiger partial charge in [0.15, 0.2) is 5.71 Å². The predicted molar refractivity (Wildman–Crippen MR) is 150 cm³/mol. The van der Waals surface area contributed by atoms with Gasteiger partial charge in [0.1, 0.15) is 17.3 Å². The summed E-state index contributed by atoms with van der Waals surface area (Å²) in [5.41, 5.74) is 2.85. The molecule has 0 aromatic heterocycles. The molecule has 1 aliphatic heterocycles. The van der Waals surface area contributed by atoms with Crippen LogP contribution in [0.4, 0.5) is 34.6 Å². The van der Waals surface area contributed by atoms with Gasteiger partial charge in [-0.3, -0.25) is 15.1 Å². The normalized spacial score (nSPS) is 13.9. The van der Waals surface area contributed by atoms with Gasteiger partial charge in [-0.15, -0.1) is 0 Å². The molecule has 214 valence electrons. The average molecular weight is 598 g/mol. The Kier molecular flexibility index (Phi) is 7.15. The molecule has 1 amide bonds. The van der Waals surface area contributed by atoms with Crippen LogP contribution in [0.1, 0.15) is 32.6 Å². The summed E-state index contributed by atoms with van der Waals surface area (Å²) < 4.78 is 54.7. The van der Waals surface area contributed by atoms with Crippen molar-refractivity contribution >= 4 is 46.3 Å². The van der Waals surface area contributed by atoms with Gasteiger partial charge >= 0.3 is 12.1 Å². The second-order valence-corrected chi connectivity index (χ2v) is 10.1. The number of hydrogen-bond acceptors (Lipinski definition) is 5. The molecule has 0 radical (unpaired) electrons. The van der Waals surface area contributed by atoms with Crippen molar-refractivity contribution in [1.29, 1.82) is 0 Å². The Bertz CT molecular complexity index is 1800. The molecule has 0 unspecified atom stereocenters. The van der Waals surface area contributed by atoms with Crippen molar-refractivity contribution in [3.8, 4) is 16.9 Å². The number of carboxylic acid groups (broad SMARTS) is 1. The fourth-order valence-corrected chi connectivity index (χ4v) is 4.96. The number of alkyl halides is 3. The van der Waals surface area contributed by atoms with Crippen LogP contribution in [0, 0.1) is 19.7 Å².